The zero-order chi connectivity index (χ0) is 22.7. The number of carbonyl (C=O) groups is 1. The molecule has 1 amide bonds. The van der Waals surface area contributed by atoms with Crippen LogP contribution in [-0.4, -0.2) is 15.0 Å². The largest absolute Gasteiger partial charge is 0.348 e. The number of nitrogens with zero attached hydrogens (tertiary/aromatic N) is 2. The second kappa shape index (κ2) is 9.06. The van der Waals surface area contributed by atoms with Crippen molar-refractivity contribution in [2.45, 2.75) is 25.4 Å². The zero-order valence-electron chi connectivity index (χ0n) is 18.1. The summed E-state index contributed by atoms with van der Waals surface area (Å²) < 4.78 is 2.50. The SMILES string of the molecule is CC(NC(=O)[C@H](Cc1ccccc1)n1c(=O)c2ccccc2n(C)c1=O)c1ccccc1. The predicted octanol–water partition coefficient (Wildman–Crippen LogP) is 3.36. The monoisotopic (exact) mass is 427 g/mol. The number of nitrogens with one attached hydrogen (secondary N) is 1. The summed E-state index contributed by atoms with van der Waals surface area (Å²) in [6.45, 7) is 1.88. The number of fused-ring (bicyclic) bond motifs is 1. The minimum atomic E-state index is -0.987. The molecule has 1 N–H and O–H groups in total. The first-order valence-corrected chi connectivity index (χ1v) is 10.6. The molecule has 32 heavy (non-hydrogen) atoms. The summed E-state index contributed by atoms with van der Waals surface area (Å²) in [4.78, 5) is 40.1. The third-order valence-corrected chi connectivity index (χ3v) is 5.75. The molecular weight excluding hydrogens is 402 g/mol. The fourth-order valence-electron chi connectivity index (χ4n) is 3.98. The van der Waals surface area contributed by atoms with Gasteiger partial charge in [-0.3, -0.25) is 14.2 Å². The van der Waals surface area contributed by atoms with Crippen LogP contribution in [-0.2, 0) is 18.3 Å². The second-order valence-electron chi connectivity index (χ2n) is 7.88. The molecule has 3 aromatic carbocycles. The number of amides is 1. The predicted molar refractivity (Wildman–Crippen MR) is 126 cm³/mol. The van der Waals surface area contributed by atoms with Crippen molar-refractivity contribution in [3.05, 3.63) is 117 Å². The standard InChI is InChI=1S/C26H25N3O3/c1-18(20-13-7-4-8-14-20)27-24(30)23(17-19-11-5-3-6-12-19)29-25(31)21-15-9-10-16-22(21)28(2)26(29)32/h3-16,18,23H,17H2,1-2H3,(H,27,30)/t18?,23-/m0/s1. The fraction of sp³-hybridized carbons (Fsp3) is 0.192. The van der Waals surface area contributed by atoms with Crippen molar-refractivity contribution >= 4 is 16.8 Å². The van der Waals surface area contributed by atoms with Crippen molar-refractivity contribution in [2.24, 2.45) is 7.05 Å². The van der Waals surface area contributed by atoms with Crippen molar-refractivity contribution in [3.63, 3.8) is 0 Å². The summed E-state index contributed by atoms with van der Waals surface area (Å²) in [5.74, 6) is -0.375. The molecule has 1 aromatic heterocycles. The Balaban J connectivity index is 1.81. The highest BCUT2D eigenvalue weighted by molar-refractivity contribution is 5.82. The number of aryl methyl sites for hydroxylation is 1. The van der Waals surface area contributed by atoms with E-state index in [0.29, 0.717) is 10.9 Å². The van der Waals surface area contributed by atoms with Gasteiger partial charge < -0.3 is 5.32 Å². The van der Waals surface area contributed by atoms with Gasteiger partial charge in [-0.05, 0) is 30.2 Å². The summed E-state index contributed by atoms with van der Waals surface area (Å²) >= 11 is 0. The molecule has 4 aromatic rings. The summed E-state index contributed by atoms with van der Waals surface area (Å²) in [6, 6.07) is 24.7. The minimum absolute atomic E-state index is 0.224. The van der Waals surface area contributed by atoms with Crippen molar-refractivity contribution in [3.8, 4) is 0 Å². The third-order valence-electron chi connectivity index (χ3n) is 5.75. The van der Waals surface area contributed by atoms with Crippen LogP contribution in [0.2, 0.25) is 0 Å². The average molecular weight is 428 g/mol. The van der Waals surface area contributed by atoms with Crippen LogP contribution in [0.15, 0.2) is 94.5 Å². The molecule has 162 valence electrons. The van der Waals surface area contributed by atoms with Crippen LogP contribution >= 0.6 is 0 Å². The van der Waals surface area contributed by atoms with E-state index in [1.54, 1.807) is 31.3 Å². The molecule has 0 aliphatic carbocycles. The first kappa shape index (κ1) is 21.3. The van der Waals surface area contributed by atoms with Gasteiger partial charge in [0.05, 0.1) is 16.9 Å². The molecule has 0 spiro atoms. The van der Waals surface area contributed by atoms with Gasteiger partial charge in [-0.2, -0.15) is 0 Å². The van der Waals surface area contributed by atoms with Gasteiger partial charge in [-0.15, -0.1) is 0 Å². The van der Waals surface area contributed by atoms with Crippen LogP contribution in [0.5, 0.6) is 0 Å². The van der Waals surface area contributed by atoms with Gasteiger partial charge in [0.15, 0.2) is 0 Å². The Morgan fingerprint density at radius 3 is 2.16 bits per heavy atom. The number of benzene rings is 3. The maximum atomic E-state index is 13.5. The second-order valence-corrected chi connectivity index (χ2v) is 7.88. The van der Waals surface area contributed by atoms with Gasteiger partial charge in [-0.1, -0.05) is 72.8 Å². The van der Waals surface area contributed by atoms with Crippen molar-refractivity contribution < 1.29 is 4.79 Å². The number of para-hydroxylation sites is 1. The molecule has 1 heterocycles. The van der Waals surface area contributed by atoms with E-state index in [9.17, 15) is 14.4 Å². The van der Waals surface area contributed by atoms with E-state index in [0.717, 1.165) is 15.7 Å². The fourth-order valence-corrected chi connectivity index (χ4v) is 3.98. The summed E-state index contributed by atoms with van der Waals surface area (Å²) in [5.41, 5.74) is 1.36. The van der Waals surface area contributed by atoms with E-state index in [2.05, 4.69) is 5.32 Å². The highest BCUT2D eigenvalue weighted by Gasteiger charge is 2.27. The first-order valence-electron chi connectivity index (χ1n) is 10.6. The molecule has 2 atom stereocenters. The van der Waals surface area contributed by atoms with E-state index >= 15 is 0 Å². The lowest BCUT2D eigenvalue weighted by molar-refractivity contribution is -0.125. The molecule has 0 bridgehead atoms. The number of hydrogen-bond donors (Lipinski definition) is 1. The van der Waals surface area contributed by atoms with Gasteiger partial charge in [0.1, 0.15) is 6.04 Å². The Morgan fingerprint density at radius 1 is 0.875 bits per heavy atom. The molecule has 6 heteroatoms. The van der Waals surface area contributed by atoms with Crippen molar-refractivity contribution in [1.82, 2.24) is 14.5 Å². The van der Waals surface area contributed by atoms with Gasteiger partial charge in [0, 0.05) is 13.5 Å². The third kappa shape index (κ3) is 4.12. The number of hydrogen-bond acceptors (Lipinski definition) is 3. The normalized spacial score (nSPS) is 12.9. The molecule has 1 unspecified atom stereocenters. The number of rotatable bonds is 6. The number of aromatic nitrogens is 2. The highest BCUT2D eigenvalue weighted by atomic mass is 16.2. The van der Waals surface area contributed by atoms with Crippen molar-refractivity contribution in [1.29, 1.82) is 0 Å². The van der Waals surface area contributed by atoms with E-state index < -0.39 is 17.3 Å². The minimum Gasteiger partial charge on any atom is -0.348 e. The Kier molecular flexibility index (Phi) is 6.03. The van der Waals surface area contributed by atoms with Crippen molar-refractivity contribution in [2.75, 3.05) is 0 Å². The van der Waals surface area contributed by atoms with Crippen LogP contribution in [0.3, 0.4) is 0 Å². The quantitative estimate of drug-likeness (QED) is 0.513. The smallest absolute Gasteiger partial charge is 0.331 e. The molecule has 0 saturated heterocycles. The molecule has 6 nitrogen and oxygen atoms in total. The van der Waals surface area contributed by atoms with Crippen LogP contribution < -0.4 is 16.6 Å². The van der Waals surface area contributed by atoms with E-state index in [1.165, 1.54) is 4.57 Å². The summed E-state index contributed by atoms with van der Waals surface area (Å²) in [7, 11) is 1.62. The zero-order valence-corrected chi connectivity index (χ0v) is 18.1. The van der Waals surface area contributed by atoms with Gasteiger partial charge in [0.2, 0.25) is 5.91 Å². The van der Waals surface area contributed by atoms with Crippen LogP contribution in [0.4, 0.5) is 0 Å². The Bertz CT molecular complexity index is 1360. The van der Waals surface area contributed by atoms with E-state index in [-0.39, 0.29) is 18.4 Å². The maximum Gasteiger partial charge on any atom is 0.331 e. The molecule has 4 rings (SSSR count). The lowest BCUT2D eigenvalue weighted by Crippen LogP contribution is -2.47. The van der Waals surface area contributed by atoms with Crippen LogP contribution in [0, 0.1) is 0 Å². The summed E-state index contributed by atoms with van der Waals surface area (Å²) in [6.07, 6.45) is 0.224. The first-order chi connectivity index (χ1) is 15.5. The van der Waals surface area contributed by atoms with Crippen LogP contribution in [0.25, 0.3) is 10.9 Å². The topological polar surface area (TPSA) is 73.1 Å². The Morgan fingerprint density at radius 2 is 1.47 bits per heavy atom. The Hall–Kier alpha value is -3.93. The molecule has 0 radical (unpaired) electrons. The summed E-state index contributed by atoms with van der Waals surface area (Å²) in [5, 5.41) is 3.39. The van der Waals surface area contributed by atoms with Gasteiger partial charge >= 0.3 is 5.69 Å². The highest BCUT2D eigenvalue weighted by Crippen LogP contribution is 2.17. The molecule has 0 aliphatic rings. The molecule has 0 fully saturated rings. The average Bonchev–Trinajstić information content (AvgIpc) is 2.83. The van der Waals surface area contributed by atoms with E-state index in [4.69, 9.17) is 0 Å². The lowest BCUT2D eigenvalue weighted by Gasteiger charge is -2.23. The van der Waals surface area contributed by atoms with E-state index in [1.807, 2.05) is 67.6 Å². The van der Waals surface area contributed by atoms with Crippen LogP contribution in [0.1, 0.15) is 30.1 Å². The molecule has 0 aliphatic heterocycles. The molecule has 0 saturated carbocycles. The van der Waals surface area contributed by atoms with Gasteiger partial charge in [-0.25, -0.2) is 9.36 Å². The number of carbonyl (C=O) groups excluding carboxylic acids is 1. The maximum absolute atomic E-state index is 13.5. The van der Waals surface area contributed by atoms with Gasteiger partial charge in [0.25, 0.3) is 5.56 Å². The lowest BCUT2D eigenvalue weighted by atomic mass is 10.0. The Labute approximate surface area is 185 Å². The molecular formula is C26H25N3O3.